The molecule has 0 saturated carbocycles. The number of nitrogens with two attached hydrogens (primary N) is 1. The van der Waals surface area contributed by atoms with Crippen LogP contribution in [-0.2, 0) is 4.84 Å². The van der Waals surface area contributed by atoms with Crippen LogP contribution >= 0.6 is 0 Å². The Kier molecular flexibility index (Phi) is 3.66. The summed E-state index contributed by atoms with van der Waals surface area (Å²) in [6.07, 6.45) is 2.97. The zero-order valence-corrected chi connectivity index (χ0v) is 9.48. The second-order valence-corrected chi connectivity index (χ2v) is 3.46. The number of amidine groups is 1. The molecule has 0 aliphatic heterocycles. The minimum absolute atomic E-state index is 0.146. The predicted molar refractivity (Wildman–Crippen MR) is 66.8 cm³/mol. The number of oxime groups is 1. The van der Waals surface area contributed by atoms with E-state index in [-0.39, 0.29) is 5.84 Å². The number of aromatic nitrogens is 1. The zero-order chi connectivity index (χ0) is 12.8. The van der Waals surface area contributed by atoms with E-state index in [2.05, 4.69) is 10.1 Å². The van der Waals surface area contributed by atoms with Gasteiger partial charge in [0.05, 0.1) is 5.56 Å². The highest BCUT2D eigenvalue weighted by Gasteiger charge is 2.07. The van der Waals surface area contributed by atoms with Gasteiger partial charge in [0.1, 0.15) is 0 Å². The van der Waals surface area contributed by atoms with Crippen molar-refractivity contribution in [2.24, 2.45) is 10.9 Å². The van der Waals surface area contributed by atoms with Crippen molar-refractivity contribution < 1.29 is 9.63 Å². The summed E-state index contributed by atoms with van der Waals surface area (Å²) in [4.78, 5) is 20.1. The summed E-state index contributed by atoms with van der Waals surface area (Å²) in [5.74, 6) is -0.449. The summed E-state index contributed by atoms with van der Waals surface area (Å²) >= 11 is 0. The third kappa shape index (κ3) is 2.91. The maximum atomic E-state index is 11.6. The van der Waals surface area contributed by atoms with Crippen LogP contribution < -0.4 is 5.73 Å². The van der Waals surface area contributed by atoms with E-state index in [0.29, 0.717) is 11.1 Å². The van der Waals surface area contributed by atoms with Crippen LogP contribution in [0.15, 0.2) is 60.0 Å². The maximum absolute atomic E-state index is 11.6. The first-order valence-electron chi connectivity index (χ1n) is 5.27. The Morgan fingerprint density at radius 3 is 2.50 bits per heavy atom. The molecule has 1 aromatic carbocycles. The van der Waals surface area contributed by atoms with Crippen LogP contribution in [0.2, 0.25) is 0 Å². The zero-order valence-electron chi connectivity index (χ0n) is 9.48. The number of hydrogen-bond acceptors (Lipinski definition) is 4. The molecular formula is C13H11N3O2. The Hall–Kier alpha value is -2.69. The van der Waals surface area contributed by atoms with E-state index < -0.39 is 5.97 Å². The molecule has 5 nitrogen and oxygen atoms in total. The van der Waals surface area contributed by atoms with E-state index in [1.807, 2.05) is 18.2 Å². The Morgan fingerprint density at radius 1 is 1.11 bits per heavy atom. The molecule has 1 heterocycles. The predicted octanol–water partition coefficient (Wildman–Crippen LogP) is 1.56. The van der Waals surface area contributed by atoms with Crippen LogP contribution in [0.4, 0.5) is 0 Å². The Balaban J connectivity index is 2.05. The van der Waals surface area contributed by atoms with Crippen molar-refractivity contribution >= 4 is 11.8 Å². The number of carbonyl (C=O) groups excluding carboxylic acids is 1. The highest BCUT2D eigenvalue weighted by Crippen LogP contribution is 2.01. The number of rotatable bonds is 3. The summed E-state index contributed by atoms with van der Waals surface area (Å²) < 4.78 is 0. The summed E-state index contributed by atoms with van der Waals surface area (Å²) in [6.45, 7) is 0. The van der Waals surface area contributed by atoms with Crippen molar-refractivity contribution in [1.82, 2.24) is 4.98 Å². The molecule has 0 radical (unpaired) electrons. The summed E-state index contributed by atoms with van der Waals surface area (Å²) in [7, 11) is 0. The van der Waals surface area contributed by atoms with Crippen molar-refractivity contribution in [3.05, 3.63) is 66.0 Å². The molecule has 0 fully saturated rings. The second kappa shape index (κ2) is 5.58. The molecular weight excluding hydrogens is 230 g/mol. The number of pyridine rings is 1. The Morgan fingerprint density at radius 2 is 1.83 bits per heavy atom. The molecule has 5 heteroatoms. The third-order valence-corrected chi connectivity index (χ3v) is 2.19. The average Bonchev–Trinajstić information content (AvgIpc) is 2.46. The largest absolute Gasteiger partial charge is 0.380 e. The first-order chi connectivity index (χ1) is 8.77. The van der Waals surface area contributed by atoms with Gasteiger partial charge in [-0.1, -0.05) is 35.5 Å². The second-order valence-electron chi connectivity index (χ2n) is 3.46. The molecule has 0 saturated heterocycles. The van der Waals surface area contributed by atoms with Crippen LogP contribution in [0.3, 0.4) is 0 Å². The minimum atomic E-state index is -0.595. The molecule has 18 heavy (non-hydrogen) atoms. The van der Waals surface area contributed by atoms with Gasteiger partial charge in [-0.2, -0.15) is 0 Å². The van der Waals surface area contributed by atoms with Crippen LogP contribution in [-0.4, -0.2) is 16.8 Å². The Bertz CT molecular complexity index is 553. The molecule has 2 aromatic rings. The van der Waals surface area contributed by atoms with E-state index in [1.165, 1.54) is 6.20 Å². The van der Waals surface area contributed by atoms with Gasteiger partial charge in [-0.3, -0.25) is 4.98 Å². The van der Waals surface area contributed by atoms with Gasteiger partial charge in [-0.05, 0) is 12.1 Å². The molecule has 1 aromatic heterocycles. The molecule has 0 unspecified atom stereocenters. The van der Waals surface area contributed by atoms with Crippen LogP contribution in [0.25, 0.3) is 0 Å². The molecule has 0 atom stereocenters. The highest BCUT2D eigenvalue weighted by molar-refractivity contribution is 5.98. The number of nitrogens with zero attached hydrogens (tertiary/aromatic N) is 2. The molecule has 0 amide bonds. The van der Waals surface area contributed by atoms with Crippen molar-refractivity contribution in [3.63, 3.8) is 0 Å². The van der Waals surface area contributed by atoms with E-state index in [4.69, 9.17) is 10.6 Å². The molecule has 0 bridgehead atoms. The molecule has 0 aliphatic rings. The lowest BCUT2D eigenvalue weighted by Crippen LogP contribution is -2.15. The summed E-state index contributed by atoms with van der Waals surface area (Å²) in [5.41, 5.74) is 6.69. The van der Waals surface area contributed by atoms with Gasteiger partial charge in [-0.15, -0.1) is 0 Å². The topological polar surface area (TPSA) is 77.6 Å². The number of carbonyl (C=O) groups is 1. The van der Waals surface area contributed by atoms with Gasteiger partial charge < -0.3 is 10.6 Å². The monoisotopic (exact) mass is 241 g/mol. The summed E-state index contributed by atoms with van der Waals surface area (Å²) in [5, 5.41) is 3.59. The van der Waals surface area contributed by atoms with Gasteiger partial charge in [0.25, 0.3) is 0 Å². The standard InChI is InChI=1S/C13H11N3O2/c14-12(10-5-2-1-3-6-10)16-18-13(17)11-7-4-8-15-9-11/h1-9H,(H2,14,16). The maximum Gasteiger partial charge on any atom is 0.367 e. The lowest BCUT2D eigenvalue weighted by molar-refractivity contribution is 0.0515. The first-order valence-corrected chi connectivity index (χ1v) is 5.27. The van der Waals surface area contributed by atoms with Gasteiger partial charge in [0, 0.05) is 18.0 Å². The SMILES string of the molecule is N/C(=N\OC(=O)c1cccnc1)c1ccccc1. The number of hydrogen-bond donors (Lipinski definition) is 1. The van der Waals surface area contributed by atoms with Crippen molar-refractivity contribution in [2.45, 2.75) is 0 Å². The average molecular weight is 241 g/mol. The fourth-order valence-electron chi connectivity index (χ4n) is 1.29. The van der Waals surface area contributed by atoms with Crippen LogP contribution in [0, 0.1) is 0 Å². The van der Waals surface area contributed by atoms with Crippen LogP contribution in [0.5, 0.6) is 0 Å². The highest BCUT2D eigenvalue weighted by atomic mass is 16.7. The number of benzene rings is 1. The lowest BCUT2D eigenvalue weighted by Gasteiger charge is -2.00. The molecule has 0 spiro atoms. The van der Waals surface area contributed by atoms with Crippen molar-refractivity contribution in [3.8, 4) is 0 Å². The van der Waals surface area contributed by atoms with Gasteiger partial charge in [-0.25, -0.2) is 4.79 Å². The molecule has 0 aliphatic carbocycles. The summed E-state index contributed by atoms with van der Waals surface area (Å²) in [6, 6.07) is 12.3. The third-order valence-electron chi connectivity index (χ3n) is 2.19. The quantitative estimate of drug-likeness (QED) is 0.383. The van der Waals surface area contributed by atoms with Gasteiger partial charge in [0.15, 0.2) is 5.84 Å². The van der Waals surface area contributed by atoms with Gasteiger partial charge in [0.2, 0.25) is 0 Å². The van der Waals surface area contributed by atoms with Crippen molar-refractivity contribution in [2.75, 3.05) is 0 Å². The van der Waals surface area contributed by atoms with E-state index in [1.54, 1.807) is 30.5 Å². The fraction of sp³-hybridized carbons (Fsp3) is 0. The smallest absolute Gasteiger partial charge is 0.367 e. The van der Waals surface area contributed by atoms with Gasteiger partial charge >= 0.3 is 5.97 Å². The Labute approximate surface area is 104 Å². The fourth-order valence-corrected chi connectivity index (χ4v) is 1.29. The molecule has 90 valence electrons. The van der Waals surface area contributed by atoms with Crippen LogP contribution in [0.1, 0.15) is 15.9 Å². The first kappa shape index (κ1) is 11.8. The van der Waals surface area contributed by atoms with Crippen molar-refractivity contribution in [1.29, 1.82) is 0 Å². The molecule has 2 rings (SSSR count). The van der Waals surface area contributed by atoms with E-state index in [0.717, 1.165) is 0 Å². The molecule has 2 N–H and O–H groups in total. The minimum Gasteiger partial charge on any atom is -0.380 e. The normalized spacial score (nSPS) is 11.0. The lowest BCUT2D eigenvalue weighted by atomic mass is 10.2. The van der Waals surface area contributed by atoms with E-state index >= 15 is 0 Å². The van der Waals surface area contributed by atoms with E-state index in [9.17, 15) is 4.79 Å².